The molecule has 1 heterocycles. The lowest BCUT2D eigenvalue weighted by molar-refractivity contribution is -0.385. The summed E-state index contributed by atoms with van der Waals surface area (Å²) in [5.74, 6) is -0.853. The summed E-state index contributed by atoms with van der Waals surface area (Å²) < 4.78 is 0. The number of ketones is 1. The zero-order valence-electron chi connectivity index (χ0n) is 11.9. The van der Waals surface area contributed by atoms with E-state index in [9.17, 15) is 19.7 Å². The minimum Gasteiger partial charge on any atom is -0.313 e. The Morgan fingerprint density at radius 3 is 2.57 bits per heavy atom. The van der Waals surface area contributed by atoms with Gasteiger partial charge < -0.3 is 4.98 Å². The zero-order valence-corrected chi connectivity index (χ0v) is 11.9. The molecule has 1 unspecified atom stereocenters. The summed E-state index contributed by atoms with van der Waals surface area (Å²) in [6.07, 6.45) is 1.23. The highest BCUT2D eigenvalue weighted by atomic mass is 16.6. The average molecular weight is 289 g/mol. The maximum absolute atomic E-state index is 11.9. The van der Waals surface area contributed by atoms with Gasteiger partial charge in [-0.15, -0.1) is 0 Å². The van der Waals surface area contributed by atoms with Crippen LogP contribution in [0.15, 0.2) is 23.3 Å². The number of H-pyrrole nitrogens is 1. The first-order valence-corrected chi connectivity index (χ1v) is 6.49. The lowest BCUT2D eigenvalue weighted by Gasteiger charge is -2.18. The molecule has 0 aliphatic heterocycles. The van der Waals surface area contributed by atoms with Crippen LogP contribution in [0.2, 0.25) is 0 Å². The van der Waals surface area contributed by atoms with Crippen LogP contribution in [-0.2, 0) is 4.79 Å². The first-order valence-electron chi connectivity index (χ1n) is 6.49. The van der Waals surface area contributed by atoms with E-state index in [1.54, 1.807) is 0 Å². The molecule has 0 saturated heterocycles. The lowest BCUT2D eigenvalue weighted by Crippen LogP contribution is -2.17. The van der Waals surface area contributed by atoms with Crippen molar-refractivity contribution >= 4 is 22.4 Å². The van der Waals surface area contributed by atoms with Crippen molar-refractivity contribution in [2.45, 2.75) is 26.7 Å². The highest BCUT2D eigenvalue weighted by Gasteiger charge is 2.29. The molecule has 7 nitrogen and oxygen atoms in total. The van der Waals surface area contributed by atoms with E-state index in [2.05, 4.69) is 9.97 Å². The SMILES string of the molecule is CC(=O)C(c1cc2nc[nH]c(=O)c2cc1[N+](=O)[O-])C(C)C. The maximum atomic E-state index is 11.9. The van der Waals surface area contributed by atoms with Gasteiger partial charge in [-0.05, 0) is 18.9 Å². The monoisotopic (exact) mass is 289 g/mol. The molecule has 0 fully saturated rings. The Kier molecular flexibility index (Phi) is 3.84. The average Bonchev–Trinajstić information content (AvgIpc) is 2.37. The van der Waals surface area contributed by atoms with E-state index in [0.717, 1.165) is 0 Å². The van der Waals surface area contributed by atoms with Gasteiger partial charge in [-0.25, -0.2) is 4.98 Å². The summed E-state index contributed by atoms with van der Waals surface area (Å²) in [5, 5.41) is 11.4. The van der Waals surface area contributed by atoms with Gasteiger partial charge >= 0.3 is 0 Å². The number of Topliss-reactive ketones (excluding diaryl/α,β-unsaturated/α-hetero) is 1. The molecule has 1 aromatic heterocycles. The molecule has 0 spiro atoms. The Labute approximate surface area is 120 Å². The number of nitro benzene ring substituents is 1. The number of fused-ring (bicyclic) bond motifs is 1. The third kappa shape index (κ3) is 2.67. The Balaban J connectivity index is 2.83. The number of hydrogen-bond donors (Lipinski definition) is 1. The second kappa shape index (κ2) is 5.43. The maximum Gasteiger partial charge on any atom is 0.274 e. The second-order valence-electron chi connectivity index (χ2n) is 5.25. The fraction of sp³-hybridized carbons (Fsp3) is 0.357. The number of rotatable bonds is 4. The minimum atomic E-state index is -0.601. The van der Waals surface area contributed by atoms with Crippen molar-refractivity contribution in [2.75, 3.05) is 0 Å². The van der Waals surface area contributed by atoms with Crippen molar-refractivity contribution < 1.29 is 9.72 Å². The van der Waals surface area contributed by atoms with Crippen LogP contribution in [0, 0.1) is 16.0 Å². The number of nitro groups is 1. The van der Waals surface area contributed by atoms with E-state index in [0.29, 0.717) is 11.1 Å². The molecule has 1 N–H and O–H groups in total. The third-order valence-corrected chi connectivity index (χ3v) is 3.43. The van der Waals surface area contributed by atoms with Crippen LogP contribution < -0.4 is 5.56 Å². The van der Waals surface area contributed by atoms with Gasteiger partial charge in [0, 0.05) is 11.6 Å². The number of nitrogens with zero attached hydrogens (tertiary/aromatic N) is 2. The molecule has 0 aliphatic rings. The largest absolute Gasteiger partial charge is 0.313 e. The van der Waals surface area contributed by atoms with E-state index in [1.807, 2.05) is 13.8 Å². The summed E-state index contributed by atoms with van der Waals surface area (Å²) >= 11 is 0. The Bertz CT molecular complexity index is 779. The van der Waals surface area contributed by atoms with Crippen LogP contribution in [0.3, 0.4) is 0 Å². The summed E-state index contributed by atoms with van der Waals surface area (Å²) in [6, 6.07) is 2.66. The van der Waals surface area contributed by atoms with Crippen LogP contribution in [-0.4, -0.2) is 20.7 Å². The molecule has 2 rings (SSSR count). The fourth-order valence-electron chi connectivity index (χ4n) is 2.57. The van der Waals surface area contributed by atoms with Crippen LogP contribution in [0.4, 0.5) is 5.69 Å². The van der Waals surface area contributed by atoms with Gasteiger partial charge in [0.05, 0.1) is 28.1 Å². The predicted octanol–water partition coefficient (Wildman–Crippen LogP) is 2.16. The zero-order chi connectivity index (χ0) is 15.7. The highest BCUT2D eigenvalue weighted by molar-refractivity contribution is 5.89. The van der Waals surface area contributed by atoms with Gasteiger partial charge in [0.25, 0.3) is 11.2 Å². The molecule has 1 aromatic carbocycles. The number of carbonyl (C=O) groups excluding carboxylic acids is 1. The molecule has 0 aliphatic carbocycles. The molecule has 1 atom stereocenters. The minimum absolute atomic E-state index is 0.0966. The van der Waals surface area contributed by atoms with E-state index in [1.165, 1.54) is 25.4 Å². The number of carbonyl (C=O) groups is 1. The van der Waals surface area contributed by atoms with Crippen molar-refractivity contribution in [3.8, 4) is 0 Å². The Morgan fingerprint density at radius 2 is 2.05 bits per heavy atom. The quantitative estimate of drug-likeness (QED) is 0.685. The highest BCUT2D eigenvalue weighted by Crippen LogP contribution is 2.34. The van der Waals surface area contributed by atoms with Crippen LogP contribution in [0.25, 0.3) is 10.9 Å². The van der Waals surface area contributed by atoms with Gasteiger partial charge in [-0.2, -0.15) is 0 Å². The Morgan fingerprint density at radius 1 is 1.38 bits per heavy atom. The lowest BCUT2D eigenvalue weighted by atomic mass is 9.84. The van der Waals surface area contributed by atoms with Crippen LogP contribution in [0.5, 0.6) is 0 Å². The summed E-state index contributed by atoms with van der Waals surface area (Å²) in [6.45, 7) is 5.06. The normalized spacial score (nSPS) is 12.6. The topological polar surface area (TPSA) is 106 Å². The van der Waals surface area contributed by atoms with Gasteiger partial charge in [0.15, 0.2) is 0 Å². The molecule has 0 bridgehead atoms. The van der Waals surface area contributed by atoms with Gasteiger partial charge in [-0.1, -0.05) is 13.8 Å². The van der Waals surface area contributed by atoms with E-state index in [-0.39, 0.29) is 22.8 Å². The molecular formula is C14H15N3O4. The second-order valence-corrected chi connectivity index (χ2v) is 5.25. The summed E-state index contributed by atoms with van der Waals surface area (Å²) in [7, 11) is 0. The summed E-state index contributed by atoms with van der Waals surface area (Å²) in [5.41, 5.74) is -0.0344. The number of nitrogens with one attached hydrogen (secondary N) is 1. The van der Waals surface area contributed by atoms with Gasteiger partial charge in [0.2, 0.25) is 0 Å². The van der Waals surface area contributed by atoms with Crippen molar-refractivity contribution in [3.63, 3.8) is 0 Å². The number of aromatic nitrogens is 2. The van der Waals surface area contributed by atoms with E-state index >= 15 is 0 Å². The van der Waals surface area contributed by atoms with E-state index < -0.39 is 16.4 Å². The first-order chi connectivity index (χ1) is 9.82. The number of aromatic amines is 1. The van der Waals surface area contributed by atoms with Crippen molar-refractivity contribution in [2.24, 2.45) is 5.92 Å². The number of benzene rings is 1. The molecular weight excluding hydrogens is 274 g/mol. The van der Waals surface area contributed by atoms with Crippen molar-refractivity contribution in [1.82, 2.24) is 9.97 Å². The van der Waals surface area contributed by atoms with Crippen molar-refractivity contribution in [1.29, 1.82) is 0 Å². The fourth-order valence-corrected chi connectivity index (χ4v) is 2.57. The van der Waals surface area contributed by atoms with Crippen molar-refractivity contribution in [3.05, 3.63) is 44.5 Å². The summed E-state index contributed by atoms with van der Waals surface area (Å²) in [4.78, 5) is 40.7. The van der Waals surface area contributed by atoms with Gasteiger partial charge in [0.1, 0.15) is 5.78 Å². The third-order valence-electron chi connectivity index (χ3n) is 3.43. The standard InChI is InChI=1S/C14H15N3O4/c1-7(2)13(8(3)18)10-4-11-9(5-12(10)17(20)21)14(19)16-6-15-11/h4-7,13H,1-3H3,(H,15,16,19). The predicted molar refractivity (Wildman–Crippen MR) is 77.3 cm³/mol. The Hall–Kier alpha value is -2.57. The van der Waals surface area contributed by atoms with Gasteiger partial charge in [-0.3, -0.25) is 19.7 Å². The van der Waals surface area contributed by atoms with Crippen LogP contribution >= 0.6 is 0 Å². The molecule has 0 saturated carbocycles. The van der Waals surface area contributed by atoms with Crippen LogP contribution in [0.1, 0.15) is 32.3 Å². The number of hydrogen-bond acceptors (Lipinski definition) is 5. The molecule has 110 valence electrons. The molecule has 7 heteroatoms. The molecule has 0 radical (unpaired) electrons. The van der Waals surface area contributed by atoms with E-state index in [4.69, 9.17) is 0 Å². The first kappa shape index (κ1) is 14.8. The molecule has 2 aromatic rings. The molecule has 0 amide bonds. The molecule has 21 heavy (non-hydrogen) atoms. The smallest absolute Gasteiger partial charge is 0.274 e.